The number of halogens is 3. The molecule has 0 heterocycles. The molecule has 0 bridgehead atoms. The van der Waals surface area contributed by atoms with Crippen molar-refractivity contribution in [1.82, 2.24) is 0 Å². The van der Waals surface area contributed by atoms with Crippen LogP contribution in [0.2, 0.25) is 0 Å². The molecule has 14 heavy (non-hydrogen) atoms. The molecule has 0 aliphatic carbocycles. The molecule has 0 atom stereocenters. The van der Waals surface area contributed by atoms with Crippen LogP contribution in [0, 0.1) is 29.3 Å². The molecule has 0 saturated heterocycles. The average Bonchev–Trinajstić information content (AvgIpc) is 2.18. The molecular weight excluding hydrogens is 209 g/mol. The summed E-state index contributed by atoms with van der Waals surface area (Å²) in [5.74, 6) is 1.60. The molecule has 1 aromatic carbocycles. The van der Waals surface area contributed by atoms with Gasteiger partial charge in [0.1, 0.15) is 0 Å². The Labute approximate surface area is 85.5 Å². The summed E-state index contributed by atoms with van der Waals surface area (Å²) in [4.78, 5) is 0. The van der Waals surface area contributed by atoms with Crippen LogP contribution in [-0.4, -0.2) is 5.75 Å². The van der Waals surface area contributed by atoms with Gasteiger partial charge < -0.3 is 0 Å². The highest BCUT2D eigenvalue weighted by molar-refractivity contribution is 7.80. The molecule has 0 radical (unpaired) electrons. The van der Waals surface area contributed by atoms with Gasteiger partial charge in [-0.15, -0.1) is 0 Å². The summed E-state index contributed by atoms with van der Waals surface area (Å²) in [6, 6.07) is 1.96. The summed E-state index contributed by atoms with van der Waals surface area (Å²) < 4.78 is 38.1. The maximum atomic E-state index is 13.0. The van der Waals surface area contributed by atoms with Crippen LogP contribution in [-0.2, 0) is 0 Å². The van der Waals surface area contributed by atoms with Gasteiger partial charge in [0.15, 0.2) is 17.5 Å². The van der Waals surface area contributed by atoms with Crippen molar-refractivity contribution < 1.29 is 13.2 Å². The number of thiol groups is 1. The van der Waals surface area contributed by atoms with E-state index < -0.39 is 17.5 Å². The van der Waals surface area contributed by atoms with E-state index in [1.165, 1.54) is 0 Å². The van der Waals surface area contributed by atoms with Crippen molar-refractivity contribution in [2.45, 2.75) is 6.42 Å². The van der Waals surface area contributed by atoms with Crippen molar-refractivity contribution in [2.75, 3.05) is 5.75 Å². The number of rotatable bonds is 1. The maximum absolute atomic E-state index is 13.0. The zero-order valence-electron chi connectivity index (χ0n) is 7.15. The Balaban J connectivity index is 3.02. The average molecular weight is 216 g/mol. The van der Waals surface area contributed by atoms with Gasteiger partial charge in [-0.25, -0.2) is 13.2 Å². The van der Waals surface area contributed by atoms with Gasteiger partial charge in [-0.3, -0.25) is 0 Å². The molecule has 0 aromatic heterocycles. The number of benzene rings is 1. The van der Waals surface area contributed by atoms with Crippen LogP contribution in [0.25, 0.3) is 0 Å². The standard InChI is InChI=1S/C10H7F3S/c11-8-5-4-7(3-1-2-6-14)9(12)10(8)13/h4-5,14H,2,6H2. The normalized spacial score (nSPS) is 9.43. The lowest BCUT2D eigenvalue weighted by Gasteiger charge is -1.96. The van der Waals surface area contributed by atoms with Crippen LogP contribution >= 0.6 is 12.6 Å². The summed E-state index contributed by atoms with van der Waals surface area (Å²) in [5, 5.41) is 0. The molecule has 0 nitrogen and oxygen atoms in total. The third-order valence-electron chi connectivity index (χ3n) is 1.50. The molecule has 0 amide bonds. The SMILES string of the molecule is Fc1ccc(C#CCCS)c(F)c1F. The van der Waals surface area contributed by atoms with Crippen molar-refractivity contribution in [2.24, 2.45) is 0 Å². The second kappa shape index (κ2) is 4.97. The van der Waals surface area contributed by atoms with Crippen LogP contribution in [0.3, 0.4) is 0 Å². The van der Waals surface area contributed by atoms with Gasteiger partial charge in [0, 0.05) is 12.2 Å². The van der Waals surface area contributed by atoms with Crippen LogP contribution in [0.1, 0.15) is 12.0 Å². The Hall–Kier alpha value is -1.08. The fraction of sp³-hybridized carbons (Fsp3) is 0.200. The summed E-state index contributed by atoms with van der Waals surface area (Å²) in [5.41, 5.74) is -0.134. The molecule has 1 aromatic rings. The highest BCUT2D eigenvalue weighted by atomic mass is 32.1. The highest BCUT2D eigenvalue weighted by Gasteiger charge is 2.11. The van der Waals surface area contributed by atoms with Crippen LogP contribution in [0.4, 0.5) is 13.2 Å². The molecule has 0 aliphatic rings. The lowest BCUT2D eigenvalue weighted by molar-refractivity contribution is 0.446. The van der Waals surface area contributed by atoms with Gasteiger partial charge in [-0.1, -0.05) is 11.8 Å². The summed E-state index contributed by atoms with van der Waals surface area (Å²) in [6.45, 7) is 0. The first kappa shape index (κ1) is 11.0. The minimum absolute atomic E-state index is 0.134. The van der Waals surface area contributed by atoms with Crippen molar-refractivity contribution in [3.8, 4) is 11.8 Å². The van der Waals surface area contributed by atoms with Gasteiger partial charge >= 0.3 is 0 Å². The van der Waals surface area contributed by atoms with Gasteiger partial charge in [0.05, 0.1) is 5.56 Å². The van der Waals surface area contributed by atoms with E-state index in [2.05, 4.69) is 24.5 Å². The minimum atomic E-state index is -1.48. The van der Waals surface area contributed by atoms with Crippen LogP contribution < -0.4 is 0 Å². The first-order chi connectivity index (χ1) is 6.66. The molecule has 0 unspecified atom stereocenters. The molecule has 0 spiro atoms. The quantitative estimate of drug-likeness (QED) is 0.416. The van der Waals surface area contributed by atoms with E-state index in [0.717, 1.165) is 12.1 Å². The Morgan fingerprint density at radius 3 is 2.50 bits per heavy atom. The van der Waals surface area contributed by atoms with Crippen molar-refractivity contribution in [3.05, 3.63) is 35.1 Å². The molecule has 0 saturated carbocycles. The van der Waals surface area contributed by atoms with E-state index in [4.69, 9.17) is 0 Å². The second-order valence-corrected chi connectivity index (χ2v) is 2.95. The number of hydrogen-bond donors (Lipinski definition) is 1. The van der Waals surface area contributed by atoms with E-state index in [1.807, 2.05) is 0 Å². The van der Waals surface area contributed by atoms with Crippen molar-refractivity contribution >= 4 is 12.6 Å². The third-order valence-corrected chi connectivity index (χ3v) is 1.72. The lowest BCUT2D eigenvalue weighted by atomic mass is 10.2. The van der Waals surface area contributed by atoms with E-state index in [9.17, 15) is 13.2 Å². The zero-order valence-corrected chi connectivity index (χ0v) is 8.04. The highest BCUT2D eigenvalue weighted by Crippen LogP contribution is 2.13. The Morgan fingerprint density at radius 1 is 1.14 bits per heavy atom. The van der Waals surface area contributed by atoms with Crippen LogP contribution in [0.5, 0.6) is 0 Å². The Bertz CT molecular complexity index is 390. The summed E-state index contributed by atoms with van der Waals surface area (Å²) in [6.07, 6.45) is 0.474. The van der Waals surface area contributed by atoms with E-state index in [1.54, 1.807) is 0 Å². The predicted molar refractivity (Wildman–Crippen MR) is 51.7 cm³/mol. The minimum Gasteiger partial charge on any atom is -0.204 e. The topological polar surface area (TPSA) is 0 Å². The van der Waals surface area contributed by atoms with Crippen LogP contribution in [0.15, 0.2) is 12.1 Å². The lowest BCUT2D eigenvalue weighted by Crippen LogP contribution is -1.93. The van der Waals surface area contributed by atoms with Gasteiger partial charge in [0.25, 0.3) is 0 Å². The van der Waals surface area contributed by atoms with Gasteiger partial charge in [0.2, 0.25) is 0 Å². The Kier molecular flexibility index (Phi) is 3.90. The van der Waals surface area contributed by atoms with Crippen molar-refractivity contribution in [3.63, 3.8) is 0 Å². The summed E-state index contributed by atoms with van der Waals surface area (Å²) in [7, 11) is 0. The van der Waals surface area contributed by atoms with Gasteiger partial charge in [-0.2, -0.15) is 12.6 Å². The molecule has 0 N–H and O–H groups in total. The fourth-order valence-corrected chi connectivity index (χ4v) is 0.948. The third kappa shape index (κ3) is 2.46. The van der Waals surface area contributed by atoms with Gasteiger partial charge in [-0.05, 0) is 12.1 Å². The maximum Gasteiger partial charge on any atom is 0.195 e. The van der Waals surface area contributed by atoms with E-state index in [0.29, 0.717) is 12.2 Å². The second-order valence-electron chi connectivity index (χ2n) is 2.50. The molecule has 74 valence electrons. The zero-order chi connectivity index (χ0) is 10.6. The molecular formula is C10H7F3S. The Morgan fingerprint density at radius 2 is 1.86 bits per heavy atom. The predicted octanol–water partition coefficient (Wildman–Crippen LogP) is 2.78. The number of hydrogen-bond acceptors (Lipinski definition) is 1. The monoisotopic (exact) mass is 216 g/mol. The summed E-state index contributed by atoms with van der Waals surface area (Å²) >= 11 is 3.90. The van der Waals surface area contributed by atoms with Crippen molar-refractivity contribution in [1.29, 1.82) is 0 Å². The molecule has 4 heteroatoms. The largest absolute Gasteiger partial charge is 0.204 e. The smallest absolute Gasteiger partial charge is 0.195 e. The molecule has 0 aliphatic heterocycles. The molecule has 1 rings (SSSR count). The first-order valence-corrected chi connectivity index (χ1v) is 4.53. The first-order valence-electron chi connectivity index (χ1n) is 3.90. The fourth-order valence-electron chi connectivity index (χ4n) is 0.836. The molecule has 0 fully saturated rings. The van der Waals surface area contributed by atoms with E-state index >= 15 is 0 Å². The van der Waals surface area contributed by atoms with E-state index in [-0.39, 0.29) is 5.56 Å².